The molecular formula is C21H19FN6. The first-order valence-corrected chi connectivity index (χ1v) is 9.39. The average Bonchev–Trinajstić information content (AvgIpc) is 3.45. The van der Waals surface area contributed by atoms with E-state index in [1.807, 2.05) is 42.5 Å². The Kier molecular flexibility index (Phi) is 4.20. The van der Waals surface area contributed by atoms with Crippen molar-refractivity contribution >= 4 is 22.7 Å². The Morgan fingerprint density at radius 2 is 1.82 bits per heavy atom. The van der Waals surface area contributed by atoms with Crippen molar-refractivity contribution in [3.63, 3.8) is 0 Å². The van der Waals surface area contributed by atoms with Crippen LogP contribution in [-0.2, 0) is 13.1 Å². The summed E-state index contributed by atoms with van der Waals surface area (Å²) in [7, 11) is 0. The summed E-state index contributed by atoms with van der Waals surface area (Å²) in [5.74, 6) is 3.16. The third-order valence-corrected chi connectivity index (χ3v) is 4.95. The number of hydrogen-bond donors (Lipinski definition) is 2. The first kappa shape index (κ1) is 16.8. The molecule has 0 bridgehead atoms. The zero-order valence-electron chi connectivity index (χ0n) is 15.2. The van der Waals surface area contributed by atoms with Crippen molar-refractivity contribution < 1.29 is 4.39 Å². The normalized spacial score (nSPS) is 13.8. The minimum Gasteiger partial charge on any atom is -0.307 e. The smallest absolute Gasteiger partial charge is 0.247 e. The molecule has 2 aromatic carbocycles. The molecule has 2 aromatic heterocycles. The molecule has 0 spiro atoms. The van der Waals surface area contributed by atoms with Gasteiger partial charge in [0.2, 0.25) is 5.95 Å². The van der Waals surface area contributed by atoms with E-state index in [1.165, 1.54) is 12.8 Å². The topological polar surface area (TPSA) is 79.4 Å². The van der Waals surface area contributed by atoms with E-state index in [4.69, 9.17) is 0 Å². The molecule has 0 amide bonds. The predicted molar refractivity (Wildman–Crippen MR) is 106 cm³/mol. The molecule has 1 aliphatic carbocycles. The number of alkyl halides is 1. The summed E-state index contributed by atoms with van der Waals surface area (Å²) < 4.78 is 13.4. The number of aromatic nitrogens is 5. The lowest BCUT2D eigenvalue weighted by atomic mass is 10.1. The van der Waals surface area contributed by atoms with Crippen LogP contribution in [0.1, 0.15) is 24.2 Å². The van der Waals surface area contributed by atoms with Crippen LogP contribution in [0.5, 0.6) is 0 Å². The van der Waals surface area contributed by atoms with E-state index in [0.29, 0.717) is 28.7 Å². The van der Waals surface area contributed by atoms with Crippen LogP contribution in [0.2, 0.25) is 0 Å². The number of nitrogens with zero attached hydrogens (tertiary/aromatic N) is 4. The van der Waals surface area contributed by atoms with Gasteiger partial charge in [-0.05, 0) is 36.5 Å². The van der Waals surface area contributed by atoms with Gasteiger partial charge in [0, 0.05) is 17.4 Å². The van der Waals surface area contributed by atoms with Gasteiger partial charge in [0.15, 0.2) is 5.82 Å². The Morgan fingerprint density at radius 1 is 1.00 bits per heavy atom. The molecule has 0 saturated heterocycles. The van der Waals surface area contributed by atoms with Crippen LogP contribution in [0.3, 0.4) is 0 Å². The van der Waals surface area contributed by atoms with E-state index in [0.717, 1.165) is 29.1 Å². The molecule has 4 aromatic rings. The highest BCUT2D eigenvalue weighted by atomic mass is 19.1. The zero-order chi connectivity index (χ0) is 18.9. The Morgan fingerprint density at radius 3 is 2.68 bits per heavy atom. The highest BCUT2D eigenvalue weighted by Gasteiger charge is 2.23. The van der Waals surface area contributed by atoms with Crippen LogP contribution in [0.15, 0.2) is 48.5 Å². The molecule has 7 heteroatoms. The highest BCUT2D eigenvalue weighted by Crippen LogP contribution is 2.32. The molecule has 1 fully saturated rings. The van der Waals surface area contributed by atoms with E-state index >= 15 is 0 Å². The van der Waals surface area contributed by atoms with Crippen molar-refractivity contribution in [1.29, 1.82) is 0 Å². The molecule has 6 nitrogen and oxygen atoms in total. The van der Waals surface area contributed by atoms with Gasteiger partial charge < -0.3 is 5.32 Å². The maximum absolute atomic E-state index is 13.4. The number of halogens is 1. The number of anilines is 2. The number of para-hydroxylation sites is 1. The monoisotopic (exact) mass is 374 g/mol. The minimum absolute atomic E-state index is 0.475. The van der Waals surface area contributed by atoms with Crippen molar-refractivity contribution in [3.05, 3.63) is 59.9 Å². The average molecular weight is 374 g/mol. The molecule has 2 N–H and O–H groups in total. The maximum atomic E-state index is 13.4. The van der Waals surface area contributed by atoms with Gasteiger partial charge in [-0.3, -0.25) is 5.10 Å². The lowest BCUT2D eigenvalue weighted by molar-refractivity contribution is 0.486. The van der Waals surface area contributed by atoms with Crippen LogP contribution in [0.4, 0.5) is 16.2 Å². The number of rotatable bonds is 6. The number of benzene rings is 2. The molecule has 0 unspecified atom stereocenters. The first-order valence-electron chi connectivity index (χ1n) is 9.39. The predicted octanol–water partition coefficient (Wildman–Crippen LogP) is 4.58. The summed E-state index contributed by atoms with van der Waals surface area (Å²) >= 11 is 0. The molecule has 1 saturated carbocycles. The third-order valence-electron chi connectivity index (χ3n) is 4.95. The third kappa shape index (κ3) is 3.31. The van der Waals surface area contributed by atoms with Gasteiger partial charge in [-0.2, -0.15) is 4.98 Å². The summed E-state index contributed by atoms with van der Waals surface area (Å²) in [4.78, 5) is 13.8. The highest BCUT2D eigenvalue weighted by molar-refractivity contribution is 5.91. The molecule has 0 radical (unpaired) electrons. The Bertz CT molecular complexity index is 1130. The molecule has 0 atom stereocenters. The Labute approximate surface area is 161 Å². The lowest BCUT2D eigenvalue weighted by Crippen LogP contribution is -2.01. The second-order valence-electron chi connectivity index (χ2n) is 7.08. The van der Waals surface area contributed by atoms with Crippen molar-refractivity contribution in [3.8, 4) is 11.4 Å². The van der Waals surface area contributed by atoms with Crippen molar-refractivity contribution in [2.24, 2.45) is 5.92 Å². The molecule has 140 valence electrons. The largest absolute Gasteiger partial charge is 0.307 e. The van der Waals surface area contributed by atoms with Crippen LogP contribution in [-0.4, -0.2) is 25.1 Å². The van der Waals surface area contributed by atoms with Crippen molar-refractivity contribution in [2.75, 3.05) is 5.32 Å². The number of hydrogen-bond acceptors (Lipinski definition) is 5. The second-order valence-corrected chi connectivity index (χ2v) is 7.08. The van der Waals surface area contributed by atoms with E-state index in [2.05, 4.69) is 30.5 Å². The molecule has 28 heavy (non-hydrogen) atoms. The van der Waals surface area contributed by atoms with Gasteiger partial charge in [0.05, 0.1) is 5.52 Å². The summed E-state index contributed by atoms with van der Waals surface area (Å²) in [6, 6.07) is 15.0. The number of H-pyrrole nitrogens is 1. The van der Waals surface area contributed by atoms with Gasteiger partial charge in [-0.1, -0.05) is 36.4 Å². The second kappa shape index (κ2) is 6.99. The lowest BCUT2D eigenvalue weighted by Gasteiger charge is -2.10. The summed E-state index contributed by atoms with van der Waals surface area (Å²) in [5.41, 5.74) is 2.02. The molecule has 1 aliphatic rings. The Balaban J connectivity index is 1.56. The quantitative estimate of drug-likeness (QED) is 0.516. The standard InChI is InChI=1S/C21H19FN6/c22-12-14-5-1-2-6-15(14)19-23-17-8-4-3-7-16(17)20(25-19)26-21-24-18(27-28-21)11-13-9-10-13/h1-8,13H,9-12H2,(H2,23,24,25,26,27,28). The fraction of sp³-hybridized carbons (Fsp3) is 0.238. The molecule has 2 heterocycles. The van der Waals surface area contributed by atoms with Crippen LogP contribution >= 0.6 is 0 Å². The zero-order valence-corrected chi connectivity index (χ0v) is 15.2. The number of fused-ring (bicyclic) bond motifs is 1. The van der Waals surface area contributed by atoms with Crippen LogP contribution in [0, 0.1) is 5.92 Å². The fourth-order valence-corrected chi connectivity index (χ4v) is 3.29. The summed E-state index contributed by atoms with van der Waals surface area (Å²) in [5, 5.41) is 11.3. The van der Waals surface area contributed by atoms with Crippen molar-refractivity contribution in [1.82, 2.24) is 25.1 Å². The van der Waals surface area contributed by atoms with Gasteiger partial charge in [0.1, 0.15) is 18.3 Å². The molecule has 5 rings (SSSR count). The SMILES string of the molecule is FCc1ccccc1-c1nc(Nc2n[nH]c(CC3CC3)n2)c2ccccc2n1. The Hall–Kier alpha value is -3.35. The van der Waals surface area contributed by atoms with E-state index in [1.54, 1.807) is 6.07 Å². The fourth-order valence-electron chi connectivity index (χ4n) is 3.29. The van der Waals surface area contributed by atoms with Gasteiger partial charge >= 0.3 is 0 Å². The molecule has 0 aliphatic heterocycles. The minimum atomic E-state index is -0.569. The van der Waals surface area contributed by atoms with Crippen LogP contribution in [0.25, 0.3) is 22.3 Å². The van der Waals surface area contributed by atoms with Gasteiger partial charge in [0.25, 0.3) is 0 Å². The van der Waals surface area contributed by atoms with Gasteiger partial charge in [-0.15, -0.1) is 5.10 Å². The van der Waals surface area contributed by atoms with E-state index in [-0.39, 0.29) is 0 Å². The van der Waals surface area contributed by atoms with Crippen molar-refractivity contribution in [2.45, 2.75) is 25.9 Å². The summed E-state index contributed by atoms with van der Waals surface area (Å²) in [6.07, 6.45) is 3.45. The van der Waals surface area contributed by atoms with E-state index in [9.17, 15) is 4.39 Å². The number of nitrogens with one attached hydrogen (secondary N) is 2. The molecular weight excluding hydrogens is 355 g/mol. The van der Waals surface area contributed by atoms with E-state index < -0.39 is 6.67 Å². The van der Waals surface area contributed by atoms with Crippen LogP contribution < -0.4 is 5.32 Å². The van der Waals surface area contributed by atoms with Gasteiger partial charge in [-0.25, -0.2) is 14.4 Å². The number of aromatic amines is 1. The summed E-state index contributed by atoms with van der Waals surface area (Å²) in [6.45, 7) is -0.569. The first-order chi connectivity index (χ1) is 13.8. The maximum Gasteiger partial charge on any atom is 0.247 e.